The molecule has 31 heavy (non-hydrogen) atoms. The van der Waals surface area contributed by atoms with Gasteiger partial charge < -0.3 is 9.73 Å². The van der Waals surface area contributed by atoms with Crippen LogP contribution in [0.25, 0.3) is 10.4 Å². The number of thiazole rings is 1. The zero-order valence-electron chi connectivity index (χ0n) is 16.7. The minimum absolute atomic E-state index is 0.109. The molecule has 0 saturated heterocycles. The van der Waals surface area contributed by atoms with Crippen LogP contribution in [-0.2, 0) is 6.54 Å². The molecule has 156 valence electrons. The topological polar surface area (TPSA) is 103 Å². The van der Waals surface area contributed by atoms with Crippen molar-refractivity contribution in [2.24, 2.45) is 0 Å². The number of carbonyl (C=O) groups excluding carboxylic acids is 2. The lowest BCUT2D eigenvalue weighted by Crippen LogP contribution is -2.14. The maximum atomic E-state index is 13.0. The highest BCUT2D eigenvalue weighted by atomic mass is 32.1. The van der Waals surface area contributed by atoms with Gasteiger partial charge in [-0.15, -0.1) is 11.3 Å². The second-order valence-corrected chi connectivity index (χ2v) is 8.44. The number of benzene rings is 1. The zero-order chi connectivity index (χ0) is 21.4. The highest BCUT2D eigenvalue weighted by molar-refractivity contribution is 7.15. The normalized spacial score (nSPS) is 13.3. The fourth-order valence-electron chi connectivity index (χ4n) is 3.17. The van der Waals surface area contributed by atoms with Crippen LogP contribution in [0.5, 0.6) is 0 Å². The van der Waals surface area contributed by atoms with Crippen molar-refractivity contribution in [1.82, 2.24) is 19.7 Å². The van der Waals surface area contributed by atoms with E-state index in [0.29, 0.717) is 29.0 Å². The largest absolute Gasteiger partial charge is 0.445 e. The maximum Gasteiger partial charge on any atom is 0.277 e. The average molecular weight is 433 g/mol. The summed E-state index contributed by atoms with van der Waals surface area (Å²) >= 11 is 1.58. The number of ketones is 1. The molecule has 0 radical (unpaired) electrons. The van der Waals surface area contributed by atoms with Crippen molar-refractivity contribution >= 4 is 28.8 Å². The quantitative estimate of drug-likeness (QED) is 0.434. The lowest BCUT2D eigenvalue weighted by Gasteiger charge is -2.02. The molecule has 0 spiro atoms. The first-order valence-electron chi connectivity index (χ1n) is 9.93. The van der Waals surface area contributed by atoms with Gasteiger partial charge in [-0.25, -0.2) is 4.98 Å². The fourth-order valence-corrected chi connectivity index (χ4v) is 4.41. The molecule has 0 aliphatic heterocycles. The third-order valence-electron chi connectivity index (χ3n) is 4.91. The Labute approximate surface area is 182 Å². The van der Waals surface area contributed by atoms with Gasteiger partial charge in [0, 0.05) is 19.0 Å². The summed E-state index contributed by atoms with van der Waals surface area (Å²) in [5.41, 5.74) is 1.75. The number of hydrogen-bond donors (Lipinski definition) is 1. The van der Waals surface area contributed by atoms with Crippen molar-refractivity contribution in [1.29, 1.82) is 0 Å². The first-order chi connectivity index (χ1) is 15.1. The molecule has 5 rings (SSSR count). The summed E-state index contributed by atoms with van der Waals surface area (Å²) in [6, 6.07) is 11.4. The van der Waals surface area contributed by atoms with Crippen LogP contribution < -0.4 is 5.32 Å². The lowest BCUT2D eigenvalue weighted by atomic mass is 10.1. The highest BCUT2D eigenvalue weighted by Gasteiger charge is 2.30. The molecule has 3 aromatic heterocycles. The van der Waals surface area contributed by atoms with E-state index in [0.717, 1.165) is 28.3 Å². The number of anilines is 1. The van der Waals surface area contributed by atoms with Gasteiger partial charge in [-0.3, -0.25) is 14.3 Å². The Balaban J connectivity index is 1.34. The van der Waals surface area contributed by atoms with E-state index in [2.05, 4.69) is 20.4 Å². The third kappa shape index (κ3) is 4.17. The Hall–Kier alpha value is -3.59. The van der Waals surface area contributed by atoms with E-state index >= 15 is 0 Å². The van der Waals surface area contributed by atoms with Gasteiger partial charge in [0.2, 0.25) is 5.89 Å². The van der Waals surface area contributed by atoms with Gasteiger partial charge in [-0.1, -0.05) is 30.3 Å². The summed E-state index contributed by atoms with van der Waals surface area (Å²) in [5.74, 6) is 0.705. The van der Waals surface area contributed by atoms with Crippen LogP contribution in [0.15, 0.2) is 53.3 Å². The Bertz CT molecular complexity index is 1250. The second-order valence-electron chi connectivity index (χ2n) is 7.41. The van der Waals surface area contributed by atoms with Crippen molar-refractivity contribution in [2.75, 3.05) is 5.32 Å². The van der Waals surface area contributed by atoms with E-state index in [1.807, 2.05) is 30.3 Å². The molecule has 1 aliphatic carbocycles. The SMILES string of the molecule is CC(=O)c1ccn(Cc2nc(NC(=O)c3nc(C4CC4)sc3-c3ccccc3)co2)n1. The van der Waals surface area contributed by atoms with Gasteiger partial charge in [-0.05, 0) is 24.5 Å². The summed E-state index contributed by atoms with van der Waals surface area (Å²) in [6.07, 6.45) is 5.31. The van der Waals surface area contributed by atoms with Gasteiger partial charge in [0.1, 0.15) is 24.2 Å². The average Bonchev–Trinajstić information content (AvgIpc) is 3.16. The first-order valence-corrected chi connectivity index (χ1v) is 10.7. The molecule has 1 N–H and O–H groups in total. The molecule has 8 nitrogen and oxygen atoms in total. The van der Waals surface area contributed by atoms with Crippen molar-refractivity contribution < 1.29 is 14.0 Å². The van der Waals surface area contributed by atoms with Crippen LogP contribution in [0.1, 0.15) is 57.6 Å². The molecule has 1 aliphatic rings. The maximum absolute atomic E-state index is 13.0. The highest BCUT2D eigenvalue weighted by Crippen LogP contribution is 2.44. The minimum atomic E-state index is -0.320. The molecular formula is C22H19N5O3S. The van der Waals surface area contributed by atoms with E-state index < -0.39 is 0 Å². The predicted octanol–water partition coefficient (Wildman–Crippen LogP) is 4.38. The molecule has 9 heteroatoms. The van der Waals surface area contributed by atoms with Crippen LogP contribution in [0, 0.1) is 0 Å². The number of nitrogens with one attached hydrogen (secondary N) is 1. The van der Waals surface area contributed by atoms with Crippen LogP contribution in [0.4, 0.5) is 5.82 Å². The van der Waals surface area contributed by atoms with Crippen molar-refractivity contribution in [3.63, 3.8) is 0 Å². The molecular weight excluding hydrogens is 414 g/mol. The van der Waals surface area contributed by atoms with E-state index in [1.54, 1.807) is 28.3 Å². The van der Waals surface area contributed by atoms with Crippen LogP contribution in [-0.4, -0.2) is 31.4 Å². The molecule has 1 fully saturated rings. The van der Waals surface area contributed by atoms with Crippen LogP contribution in [0.2, 0.25) is 0 Å². The third-order valence-corrected chi connectivity index (χ3v) is 6.18. The predicted molar refractivity (Wildman–Crippen MR) is 115 cm³/mol. The number of hydrogen-bond acceptors (Lipinski definition) is 7. The molecule has 4 aromatic rings. The summed E-state index contributed by atoms with van der Waals surface area (Å²) in [6.45, 7) is 1.71. The lowest BCUT2D eigenvalue weighted by molar-refractivity contribution is 0.100. The molecule has 0 atom stereocenters. The summed E-state index contributed by atoms with van der Waals surface area (Å²) in [5, 5.41) is 7.96. The van der Waals surface area contributed by atoms with Gasteiger partial charge in [0.15, 0.2) is 11.6 Å². The molecule has 1 amide bonds. The molecule has 0 unspecified atom stereocenters. The Morgan fingerprint density at radius 2 is 2.00 bits per heavy atom. The van der Waals surface area contributed by atoms with E-state index in [-0.39, 0.29) is 18.2 Å². The zero-order valence-corrected chi connectivity index (χ0v) is 17.6. The summed E-state index contributed by atoms with van der Waals surface area (Å²) in [4.78, 5) is 34.2. The fraction of sp³-hybridized carbons (Fsp3) is 0.227. The van der Waals surface area contributed by atoms with Gasteiger partial charge in [0.05, 0.1) is 9.88 Å². The molecule has 1 saturated carbocycles. The van der Waals surface area contributed by atoms with Gasteiger partial charge in [-0.2, -0.15) is 10.1 Å². The monoisotopic (exact) mass is 433 g/mol. The second kappa shape index (κ2) is 7.92. The Morgan fingerprint density at radius 3 is 2.71 bits per heavy atom. The molecule has 3 heterocycles. The minimum Gasteiger partial charge on any atom is -0.445 e. The van der Waals surface area contributed by atoms with Crippen LogP contribution >= 0.6 is 11.3 Å². The summed E-state index contributed by atoms with van der Waals surface area (Å²) in [7, 11) is 0. The van der Waals surface area contributed by atoms with Crippen molar-refractivity contribution in [3.8, 4) is 10.4 Å². The Morgan fingerprint density at radius 1 is 1.19 bits per heavy atom. The Kier molecular flexibility index (Phi) is 4.95. The van der Waals surface area contributed by atoms with Gasteiger partial charge >= 0.3 is 0 Å². The number of nitrogens with zero attached hydrogens (tertiary/aromatic N) is 4. The number of aromatic nitrogens is 4. The molecule has 0 bridgehead atoms. The van der Waals surface area contributed by atoms with E-state index in [4.69, 9.17) is 4.42 Å². The summed E-state index contributed by atoms with van der Waals surface area (Å²) < 4.78 is 7.01. The number of amides is 1. The van der Waals surface area contributed by atoms with E-state index in [9.17, 15) is 9.59 Å². The van der Waals surface area contributed by atoms with Gasteiger partial charge in [0.25, 0.3) is 5.91 Å². The number of oxazole rings is 1. The number of carbonyl (C=O) groups is 2. The standard InChI is InChI=1S/C22H19N5O3S/c1-13(28)16-9-10-27(26-16)11-18-23-17(12-30-18)24-21(29)19-20(14-5-3-2-4-6-14)31-22(25-19)15-7-8-15/h2-6,9-10,12,15H,7-8,11H2,1H3,(H,24,29). The van der Waals surface area contributed by atoms with E-state index in [1.165, 1.54) is 13.2 Å². The smallest absolute Gasteiger partial charge is 0.277 e. The number of Topliss-reactive ketones (excluding diaryl/α,β-unsaturated/α-hetero) is 1. The first kappa shape index (κ1) is 19.4. The van der Waals surface area contributed by atoms with Crippen molar-refractivity contribution in [2.45, 2.75) is 32.2 Å². The van der Waals surface area contributed by atoms with Crippen molar-refractivity contribution in [3.05, 3.63) is 71.1 Å². The van der Waals surface area contributed by atoms with Crippen LogP contribution in [0.3, 0.4) is 0 Å². The molecule has 1 aromatic carbocycles. The number of rotatable bonds is 7.